The van der Waals surface area contributed by atoms with Crippen LogP contribution >= 0.6 is 0 Å². The van der Waals surface area contributed by atoms with Gasteiger partial charge in [0.2, 0.25) is 17.7 Å². The number of rotatable bonds is 3. The summed E-state index contributed by atoms with van der Waals surface area (Å²) in [7, 11) is 0. The van der Waals surface area contributed by atoms with Crippen molar-refractivity contribution in [2.75, 3.05) is 24.5 Å². The maximum Gasteiger partial charge on any atom is 0.248 e. The third-order valence-electron chi connectivity index (χ3n) is 5.57. The molecular formula is C19H24F2N2O2. The van der Waals surface area contributed by atoms with Gasteiger partial charge in [-0.15, -0.1) is 0 Å². The lowest BCUT2D eigenvalue weighted by Crippen LogP contribution is -2.47. The molecule has 1 saturated carbocycles. The summed E-state index contributed by atoms with van der Waals surface area (Å²) in [6.07, 6.45) is 1.71. The number of piperidine rings is 1. The zero-order valence-electron chi connectivity index (χ0n) is 14.5. The summed E-state index contributed by atoms with van der Waals surface area (Å²) in [6, 6.07) is 9.08. The summed E-state index contributed by atoms with van der Waals surface area (Å²) in [4.78, 5) is 27.7. The van der Waals surface area contributed by atoms with E-state index in [0.717, 1.165) is 0 Å². The van der Waals surface area contributed by atoms with Crippen molar-refractivity contribution in [3.8, 4) is 0 Å². The van der Waals surface area contributed by atoms with Gasteiger partial charge in [-0.05, 0) is 36.8 Å². The molecule has 25 heavy (non-hydrogen) atoms. The number of alkyl halides is 2. The van der Waals surface area contributed by atoms with Crippen LogP contribution in [0.2, 0.25) is 0 Å². The molecule has 0 bridgehead atoms. The highest BCUT2D eigenvalue weighted by molar-refractivity contribution is 5.97. The second-order valence-corrected chi connectivity index (χ2v) is 7.35. The Morgan fingerprint density at radius 3 is 2.24 bits per heavy atom. The maximum atomic E-state index is 13.6. The van der Waals surface area contributed by atoms with E-state index in [2.05, 4.69) is 0 Å². The fourth-order valence-corrected chi connectivity index (χ4v) is 4.06. The lowest BCUT2D eigenvalue weighted by Gasteiger charge is -2.40. The van der Waals surface area contributed by atoms with Crippen molar-refractivity contribution >= 4 is 17.5 Å². The zero-order chi connectivity index (χ0) is 18.1. The molecule has 3 rings (SSSR count). The van der Waals surface area contributed by atoms with Crippen LogP contribution in [0.15, 0.2) is 30.3 Å². The number of halogens is 2. The molecule has 1 aliphatic heterocycles. The lowest BCUT2D eigenvalue weighted by atomic mass is 9.77. The predicted octanol–water partition coefficient (Wildman–Crippen LogP) is 3.47. The van der Waals surface area contributed by atoms with Gasteiger partial charge < -0.3 is 9.80 Å². The van der Waals surface area contributed by atoms with Gasteiger partial charge in [-0.3, -0.25) is 9.59 Å². The molecule has 2 fully saturated rings. The number of anilines is 1. The normalized spacial score (nSPS) is 21.3. The van der Waals surface area contributed by atoms with Crippen molar-refractivity contribution in [3.63, 3.8) is 0 Å². The van der Waals surface area contributed by atoms with Gasteiger partial charge in [0.15, 0.2) is 0 Å². The first-order chi connectivity index (χ1) is 11.8. The molecule has 4 nitrogen and oxygen atoms in total. The number of hydrogen-bond donors (Lipinski definition) is 0. The van der Waals surface area contributed by atoms with Crippen molar-refractivity contribution in [2.45, 2.75) is 45.0 Å². The molecule has 0 aromatic heterocycles. The van der Waals surface area contributed by atoms with E-state index in [1.807, 2.05) is 18.2 Å². The molecule has 1 aliphatic carbocycles. The second kappa shape index (κ2) is 6.73. The first-order valence-corrected chi connectivity index (χ1v) is 8.79. The standard InChI is InChI=1S/C19H24F2N2O2/c1-15(24)23(16-5-3-2-4-6-16)13-17(25)22-11-9-18(10-12-22)7-8-19(20,21)14-18/h2-6H,7-14H2,1H3. The van der Waals surface area contributed by atoms with Gasteiger partial charge in [0, 0.05) is 38.5 Å². The molecule has 0 atom stereocenters. The van der Waals surface area contributed by atoms with E-state index in [1.165, 1.54) is 11.8 Å². The van der Waals surface area contributed by atoms with Crippen LogP contribution in [0.1, 0.15) is 39.0 Å². The van der Waals surface area contributed by atoms with E-state index in [0.29, 0.717) is 38.0 Å². The first kappa shape index (κ1) is 17.8. The predicted molar refractivity (Wildman–Crippen MR) is 91.5 cm³/mol. The van der Waals surface area contributed by atoms with Crippen molar-refractivity contribution in [1.29, 1.82) is 0 Å². The highest BCUT2D eigenvalue weighted by Gasteiger charge is 2.50. The van der Waals surface area contributed by atoms with Crippen molar-refractivity contribution in [1.82, 2.24) is 4.90 Å². The Morgan fingerprint density at radius 2 is 1.72 bits per heavy atom. The monoisotopic (exact) mass is 350 g/mol. The van der Waals surface area contributed by atoms with Crippen LogP contribution in [0.4, 0.5) is 14.5 Å². The fraction of sp³-hybridized carbons (Fsp3) is 0.579. The summed E-state index contributed by atoms with van der Waals surface area (Å²) < 4.78 is 27.1. The Kier molecular flexibility index (Phi) is 4.80. The average Bonchev–Trinajstić information content (AvgIpc) is 2.88. The van der Waals surface area contributed by atoms with E-state index >= 15 is 0 Å². The van der Waals surface area contributed by atoms with Crippen molar-refractivity contribution in [2.24, 2.45) is 5.41 Å². The molecule has 0 unspecified atom stereocenters. The van der Waals surface area contributed by atoms with Gasteiger partial charge in [-0.1, -0.05) is 18.2 Å². The molecular weight excluding hydrogens is 326 g/mol. The van der Waals surface area contributed by atoms with E-state index in [4.69, 9.17) is 0 Å². The molecule has 2 aliphatic rings. The maximum absolute atomic E-state index is 13.6. The van der Waals surface area contributed by atoms with Gasteiger partial charge in [0.1, 0.15) is 6.54 Å². The number of nitrogens with zero attached hydrogens (tertiary/aromatic N) is 2. The molecule has 2 amide bonds. The van der Waals surface area contributed by atoms with E-state index < -0.39 is 5.92 Å². The van der Waals surface area contributed by atoms with Crippen molar-refractivity contribution < 1.29 is 18.4 Å². The number of para-hydroxylation sites is 1. The molecule has 0 radical (unpaired) electrons. The number of hydrogen-bond acceptors (Lipinski definition) is 2. The number of carbonyl (C=O) groups is 2. The lowest BCUT2D eigenvalue weighted by molar-refractivity contribution is -0.133. The van der Waals surface area contributed by atoms with E-state index in [9.17, 15) is 18.4 Å². The highest BCUT2D eigenvalue weighted by Crippen LogP contribution is 2.52. The summed E-state index contributed by atoms with van der Waals surface area (Å²) >= 11 is 0. The van der Waals surface area contributed by atoms with Crippen LogP contribution in [-0.4, -0.2) is 42.3 Å². The minimum Gasteiger partial charge on any atom is -0.341 e. The van der Waals surface area contributed by atoms with Crippen LogP contribution in [0, 0.1) is 5.41 Å². The molecule has 1 spiro atoms. The Labute approximate surface area is 146 Å². The molecule has 136 valence electrons. The Hall–Kier alpha value is -1.98. The molecule has 6 heteroatoms. The van der Waals surface area contributed by atoms with Crippen LogP contribution in [-0.2, 0) is 9.59 Å². The molecule has 1 heterocycles. The smallest absolute Gasteiger partial charge is 0.248 e. The van der Waals surface area contributed by atoms with Gasteiger partial charge in [0.25, 0.3) is 0 Å². The quantitative estimate of drug-likeness (QED) is 0.838. The van der Waals surface area contributed by atoms with Gasteiger partial charge in [-0.2, -0.15) is 0 Å². The van der Waals surface area contributed by atoms with Gasteiger partial charge in [-0.25, -0.2) is 8.78 Å². The number of likely N-dealkylation sites (tertiary alicyclic amines) is 1. The molecule has 1 aromatic rings. The Morgan fingerprint density at radius 1 is 1.08 bits per heavy atom. The van der Waals surface area contributed by atoms with Gasteiger partial charge in [0.05, 0.1) is 0 Å². The SMILES string of the molecule is CC(=O)N(CC(=O)N1CCC2(CC1)CCC(F)(F)C2)c1ccccc1. The minimum absolute atomic E-state index is 0.0114. The third-order valence-corrected chi connectivity index (χ3v) is 5.57. The topological polar surface area (TPSA) is 40.6 Å². The zero-order valence-corrected chi connectivity index (χ0v) is 14.5. The fourth-order valence-electron chi connectivity index (χ4n) is 4.06. The van der Waals surface area contributed by atoms with E-state index in [1.54, 1.807) is 17.0 Å². The molecule has 1 saturated heterocycles. The van der Waals surface area contributed by atoms with Crippen molar-refractivity contribution in [3.05, 3.63) is 30.3 Å². The third kappa shape index (κ3) is 3.99. The first-order valence-electron chi connectivity index (χ1n) is 8.79. The summed E-state index contributed by atoms with van der Waals surface area (Å²) in [5, 5.41) is 0. The summed E-state index contributed by atoms with van der Waals surface area (Å²) in [6.45, 7) is 2.42. The largest absolute Gasteiger partial charge is 0.341 e. The summed E-state index contributed by atoms with van der Waals surface area (Å²) in [5.41, 5.74) is 0.382. The second-order valence-electron chi connectivity index (χ2n) is 7.35. The van der Waals surface area contributed by atoms with Crippen LogP contribution in [0.3, 0.4) is 0 Å². The Balaban J connectivity index is 1.60. The van der Waals surface area contributed by atoms with Crippen LogP contribution in [0.25, 0.3) is 0 Å². The highest BCUT2D eigenvalue weighted by atomic mass is 19.3. The molecule has 1 aromatic carbocycles. The van der Waals surface area contributed by atoms with Crippen LogP contribution < -0.4 is 4.90 Å². The van der Waals surface area contributed by atoms with E-state index in [-0.39, 0.29) is 36.6 Å². The Bertz CT molecular complexity index is 640. The number of carbonyl (C=O) groups excluding carboxylic acids is 2. The van der Waals surface area contributed by atoms with Crippen LogP contribution in [0.5, 0.6) is 0 Å². The number of benzene rings is 1. The molecule has 0 N–H and O–H groups in total. The average molecular weight is 350 g/mol. The van der Waals surface area contributed by atoms with Gasteiger partial charge >= 0.3 is 0 Å². The number of amides is 2. The minimum atomic E-state index is -2.55. The summed E-state index contributed by atoms with van der Waals surface area (Å²) in [5.74, 6) is -2.87.